The summed E-state index contributed by atoms with van der Waals surface area (Å²) in [7, 11) is 0. The van der Waals surface area contributed by atoms with Crippen LogP contribution in [0.3, 0.4) is 0 Å². The van der Waals surface area contributed by atoms with E-state index < -0.39 is 17.6 Å². The van der Waals surface area contributed by atoms with E-state index >= 15 is 0 Å². The van der Waals surface area contributed by atoms with E-state index in [1.807, 2.05) is 0 Å². The van der Waals surface area contributed by atoms with Gasteiger partial charge >= 0.3 is 0 Å². The predicted octanol–water partition coefficient (Wildman–Crippen LogP) is -3.67. The third-order valence-electron chi connectivity index (χ3n) is 0.509. The first-order valence-electron chi connectivity index (χ1n) is 1.93. The van der Waals surface area contributed by atoms with Gasteiger partial charge in [-0.05, 0) is 6.08 Å². The van der Waals surface area contributed by atoms with Crippen LogP contribution in [-0.4, -0.2) is 11.9 Å². The van der Waals surface area contributed by atoms with Crippen molar-refractivity contribution in [2.45, 2.75) is 0 Å². The minimum atomic E-state index is -1.72. The van der Waals surface area contributed by atoms with Gasteiger partial charge in [-0.25, -0.2) is 0 Å². The highest BCUT2D eigenvalue weighted by molar-refractivity contribution is 5.91. The molecule has 0 bridgehead atoms. The summed E-state index contributed by atoms with van der Waals surface area (Å²) in [4.78, 5) is 19.2. The molecular weight excluding hydrogens is 126 g/mol. The van der Waals surface area contributed by atoms with E-state index in [4.69, 9.17) is 0 Å². The Balaban J connectivity index is 4.17. The molecule has 5 heteroatoms. The molecule has 0 unspecified atom stereocenters. The summed E-state index contributed by atoms with van der Waals surface area (Å²) in [6.45, 7) is 0. The van der Waals surface area contributed by atoms with Crippen LogP contribution in [0, 0.1) is 0 Å². The second-order valence-corrected chi connectivity index (χ2v) is 1.21. The third-order valence-corrected chi connectivity index (χ3v) is 0.509. The third kappa shape index (κ3) is 3.10. The van der Waals surface area contributed by atoms with Gasteiger partial charge in [-0.3, -0.25) is 0 Å². The number of nitrogens with two attached hydrogens (primary N) is 1. The van der Waals surface area contributed by atoms with Crippen LogP contribution in [0.4, 0.5) is 0 Å². The van der Waals surface area contributed by atoms with Crippen molar-refractivity contribution in [3.63, 3.8) is 0 Å². The van der Waals surface area contributed by atoms with Gasteiger partial charge in [-0.2, -0.15) is 0 Å². The zero-order chi connectivity index (χ0) is 7.44. The molecule has 0 aromatic rings. The zero-order valence-corrected chi connectivity index (χ0v) is 4.29. The number of carboxylic acid groups (broad SMARTS) is 2. The van der Waals surface area contributed by atoms with Crippen LogP contribution in [0.5, 0.6) is 0 Å². The van der Waals surface area contributed by atoms with E-state index in [1.54, 1.807) is 0 Å². The molecule has 0 fully saturated rings. The van der Waals surface area contributed by atoms with Gasteiger partial charge in [-0.15, -0.1) is 0 Å². The predicted molar refractivity (Wildman–Crippen MR) is 22.3 cm³/mol. The highest BCUT2D eigenvalue weighted by Crippen LogP contribution is 1.76. The zero-order valence-electron chi connectivity index (χ0n) is 4.29. The number of carbonyl (C=O) groups is 2. The smallest absolute Gasteiger partial charge is 0.0873 e. The molecule has 2 N–H and O–H groups in total. The average Bonchev–Trinajstić information content (AvgIpc) is 1.63. The van der Waals surface area contributed by atoms with Crippen molar-refractivity contribution in [1.82, 2.24) is 0 Å². The van der Waals surface area contributed by atoms with E-state index in [0.717, 1.165) is 0 Å². The Morgan fingerprint density at radius 3 is 1.89 bits per heavy atom. The summed E-state index contributed by atoms with van der Waals surface area (Å²) in [5.41, 5.74) is 3.74. The summed E-state index contributed by atoms with van der Waals surface area (Å²) < 4.78 is 0. The first-order valence-corrected chi connectivity index (χ1v) is 1.93. The van der Waals surface area contributed by atoms with Crippen molar-refractivity contribution >= 4 is 11.9 Å². The number of carbonyl (C=O) groups excluding carboxylic acids is 2. The van der Waals surface area contributed by atoms with Crippen molar-refractivity contribution in [3.05, 3.63) is 11.8 Å². The SMILES string of the molecule is N/C(=C\C(=O)[O-])C(=O)[O-]. The van der Waals surface area contributed by atoms with Crippen LogP contribution in [0.25, 0.3) is 0 Å². The lowest BCUT2D eigenvalue weighted by Gasteiger charge is -2.00. The van der Waals surface area contributed by atoms with Crippen LogP contribution in [0.1, 0.15) is 0 Å². The Morgan fingerprint density at radius 2 is 1.78 bits per heavy atom. The van der Waals surface area contributed by atoms with E-state index in [9.17, 15) is 19.8 Å². The molecule has 0 spiro atoms. The molecule has 0 aromatic carbocycles. The molecule has 0 aromatic heterocycles. The van der Waals surface area contributed by atoms with Crippen LogP contribution >= 0.6 is 0 Å². The molecule has 50 valence electrons. The molecule has 0 saturated carbocycles. The maximum Gasteiger partial charge on any atom is 0.0873 e. The molecule has 5 nitrogen and oxygen atoms in total. The first kappa shape index (κ1) is 7.48. The van der Waals surface area contributed by atoms with Crippen LogP contribution in [0.2, 0.25) is 0 Å². The second-order valence-electron chi connectivity index (χ2n) is 1.21. The van der Waals surface area contributed by atoms with E-state index in [0.29, 0.717) is 0 Å². The summed E-state index contributed by atoms with van der Waals surface area (Å²) in [5.74, 6) is -3.38. The summed E-state index contributed by atoms with van der Waals surface area (Å²) in [5, 5.41) is 19.2. The summed E-state index contributed by atoms with van der Waals surface area (Å²) in [6, 6.07) is 0. The lowest BCUT2D eigenvalue weighted by Crippen LogP contribution is -2.31. The number of hydrogen-bond donors (Lipinski definition) is 1. The van der Waals surface area contributed by atoms with Crippen molar-refractivity contribution in [2.75, 3.05) is 0 Å². The molecular formula is C4H3NO4-2. The lowest BCUT2D eigenvalue weighted by atomic mass is 10.4. The largest absolute Gasteiger partial charge is 0.545 e. The van der Waals surface area contributed by atoms with Gasteiger partial charge in [-0.1, -0.05) is 0 Å². The summed E-state index contributed by atoms with van der Waals surface area (Å²) in [6.07, 6.45) is 0.245. The Kier molecular flexibility index (Phi) is 2.25. The van der Waals surface area contributed by atoms with Gasteiger partial charge in [0.05, 0.1) is 17.6 Å². The molecule has 0 aliphatic rings. The van der Waals surface area contributed by atoms with Gasteiger partial charge in [0.2, 0.25) is 0 Å². The number of hydrogen-bond acceptors (Lipinski definition) is 5. The highest BCUT2D eigenvalue weighted by atomic mass is 16.4. The molecule has 0 aliphatic carbocycles. The van der Waals surface area contributed by atoms with Gasteiger partial charge in [0.25, 0.3) is 0 Å². The maximum absolute atomic E-state index is 9.64. The summed E-state index contributed by atoms with van der Waals surface area (Å²) >= 11 is 0. The standard InChI is InChI=1S/C4H5NO4/c5-2(4(8)9)1-3(6)7/h1H,5H2,(H,6,7)(H,8,9)/p-2/b2-1-. The Morgan fingerprint density at radius 1 is 1.33 bits per heavy atom. The number of aliphatic carboxylic acids is 2. The first-order chi connectivity index (χ1) is 4.04. The van der Waals surface area contributed by atoms with Crippen molar-refractivity contribution < 1.29 is 19.8 Å². The van der Waals surface area contributed by atoms with E-state index in [-0.39, 0.29) is 6.08 Å². The van der Waals surface area contributed by atoms with E-state index in [2.05, 4.69) is 5.73 Å². The fraction of sp³-hybridized carbons (Fsp3) is 0. The monoisotopic (exact) mass is 129 g/mol. The van der Waals surface area contributed by atoms with Gasteiger partial charge in [0, 0.05) is 0 Å². The van der Waals surface area contributed by atoms with Gasteiger partial charge in [0.15, 0.2) is 0 Å². The van der Waals surface area contributed by atoms with Gasteiger partial charge in [0.1, 0.15) is 0 Å². The quantitative estimate of drug-likeness (QED) is 0.386. The molecule has 0 heterocycles. The molecule has 0 rings (SSSR count). The van der Waals surface area contributed by atoms with Crippen LogP contribution in [-0.2, 0) is 9.59 Å². The molecule has 0 atom stereocenters. The molecule has 9 heavy (non-hydrogen) atoms. The van der Waals surface area contributed by atoms with E-state index in [1.165, 1.54) is 0 Å². The highest BCUT2D eigenvalue weighted by Gasteiger charge is 1.86. The second kappa shape index (κ2) is 2.71. The Labute approximate surface area is 50.4 Å². The van der Waals surface area contributed by atoms with Gasteiger partial charge < -0.3 is 25.5 Å². The molecule has 0 radical (unpaired) electrons. The molecule has 0 amide bonds. The fourth-order valence-electron chi connectivity index (χ4n) is 0.186. The van der Waals surface area contributed by atoms with Crippen molar-refractivity contribution in [1.29, 1.82) is 0 Å². The van der Waals surface area contributed by atoms with Crippen molar-refractivity contribution in [2.24, 2.45) is 5.73 Å². The average molecular weight is 129 g/mol. The number of carboxylic acids is 2. The Bertz CT molecular complexity index is 171. The van der Waals surface area contributed by atoms with Crippen LogP contribution in [0.15, 0.2) is 11.8 Å². The lowest BCUT2D eigenvalue weighted by molar-refractivity contribution is -0.303. The number of rotatable bonds is 2. The molecule has 0 aliphatic heterocycles. The van der Waals surface area contributed by atoms with Crippen molar-refractivity contribution in [3.8, 4) is 0 Å². The minimum Gasteiger partial charge on any atom is -0.545 e. The Hall–Kier alpha value is -1.52. The topological polar surface area (TPSA) is 106 Å². The molecule has 0 saturated heterocycles. The minimum absolute atomic E-state index is 0.245. The van der Waals surface area contributed by atoms with Crippen LogP contribution < -0.4 is 15.9 Å². The fourth-order valence-corrected chi connectivity index (χ4v) is 0.186. The maximum atomic E-state index is 9.64. The normalized spacial score (nSPS) is 10.9.